The maximum atomic E-state index is 11.9. The molecule has 1 aromatic heterocycles. The number of carboxylic acids is 1. The highest BCUT2D eigenvalue weighted by Crippen LogP contribution is 2.24. The largest absolute Gasteiger partial charge is 0.479 e. The van der Waals surface area contributed by atoms with E-state index in [1.165, 1.54) is 17.7 Å². The molecule has 12 nitrogen and oxygen atoms in total. The third kappa shape index (κ3) is 3.92. The van der Waals surface area contributed by atoms with Crippen molar-refractivity contribution in [3.8, 4) is 0 Å². The Kier molecular flexibility index (Phi) is 5.79. The molecule has 12 heteroatoms. The van der Waals surface area contributed by atoms with E-state index < -0.39 is 60.3 Å². The Bertz CT molecular complexity index is 877. The number of aliphatic hydroxyl groups excluding tert-OH is 3. The van der Waals surface area contributed by atoms with Crippen LogP contribution in [0.15, 0.2) is 27.9 Å². The first-order valence-electron chi connectivity index (χ1n) is 8.39. The van der Waals surface area contributed by atoms with Gasteiger partial charge >= 0.3 is 11.7 Å². The molecule has 0 aromatic carbocycles. The second kappa shape index (κ2) is 7.95. The Labute approximate surface area is 157 Å². The van der Waals surface area contributed by atoms with E-state index in [2.05, 4.69) is 4.98 Å². The number of carboxylic acid groups (broad SMARTS) is 1. The fourth-order valence-corrected chi connectivity index (χ4v) is 2.90. The van der Waals surface area contributed by atoms with Gasteiger partial charge in [-0.25, -0.2) is 9.59 Å². The average Bonchev–Trinajstić information content (AvgIpc) is 3.10. The second-order valence-corrected chi connectivity index (χ2v) is 6.50. The van der Waals surface area contributed by atoms with Crippen LogP contribution < -0.4 is 11.2 Å². The Morgan fingerprint density at radius 1 is 1.29 bits per heavy atom. The van der Waals surface area contributed by atoms with Gasteiger partial charge in [0.15, 0.2) is 18.6 Å². The number of carbonyl (C=O) groups is 1. The molecule has 3 heterocycles. The Hall–Kier alpha value is -2.35. The first-order chi connectivity index (χ1) is 13.2. The van der Waals surface area contributed by atoms with Gasteiger partial charge in [-0.05, 0) is 13.0 Å². The molecule has 0 unspecified atom stereocenters. The highest BCUT2D eigenvalue weighted by molar-refractivity contribution is 5.73. The number of aliphatic hydroxyl groups is 3. The van der Waals surface area contributed by atoms with Gasteiger partial charge in [0.1, 0.15) is 24.4 Å². The predicted molar refractivity (Wildman–Crippen MR) is 89.4 cm³/mol. The zero-order valence-electron chi connectivity index (χ0n) is 14.7. The van der Waals surface area contributed by atoms with Crippen molar-refractivity contribution < 1.29 is 39.4 Å². The number of hydrogen-bond acceptors (Lipinski definition) is 9. The Balaban J connectivity index is 1.61. The van der Waals surface area contributed by atoms with Gasteiger partial charge in [-0.15, -0.1) is 0 Å². The van der Waals surface area contributed by atoms with Crippen molar-refractivity contribution in [2.45, 2.75) is 50.0 Å². The molecule has 0 saturated carbocycles. The molecule has 3 rings (SSSR count). The first kappa shape index (κ1) is 20.4. The lowest BCUT2D eigenvalue weighted by Gasteiger charge is -2.38. The van der Waals surface area contributed by atoms with Crippen LogP contribution in [-0.2, 0) is 19.0 Å². The van der Waals surface area contributed by atoms with E-state index in [4.69, 9.17) is 19.3 Å². The van der Waals surface area contributed by atoms with Crippen LogP contribution in [0, 0.1) is 6.92 Å². The summed E-state index contributed by atoms with van der Waals surface area (Å²) in [6, 6.07) is 0. The SMILES string of the molecule is Cc1cn([14C@H]2C=C[C@@H](CO[C@@H]3O[C@H](C(=O)O)[C@@H](O)[C@H](O)[C@H]3O)O2)c(=O)[nH]c1=O. The summed E-state index contributed by atoms with van der Waals surface area (Å²) in [7, 11) is 0. The molecule has 28 heavy (non-hydrogen) atoms. The molecular weight excluding hydrogens is 382 g/mol. The van der Waals surface area contributed by atoms with E-state index >= 15 is 0 Å². The van der Waals surface area contributed by atoms with E-state index in [0.29, 0.717) is 5.56 Å². The molecule has 0 aliphatic carbocycles. The number of aromatic nitrogens is 2. The second-order valence-electron chi connectivity index (χ2n) is 6.50. The minimum Gasteiger partial charge on any atom is -0.479 e. The third-order valence-electron chi connectivity index (χ3n) is 4.46. The number of hydrogen-bond donors (Lipinski definition) is 5. The summed E-state index contributed by atoms with van der Waals surface area (Å²) < 4.78 is 17.1. The normalized spacial score (nSPS) is 35.2. The summed E-state index contributed by atoms with van der Waals surface area (Å²) in [4.78, 5) is 36.6. The first-order valence-corrected chi connectivity index (χ1v) is 8.39. The van der Waals surface area contributed by atoms with Gasteiger partial charge in [-0.3, -0.25) is 14.3 Å². The van der Waals surface area contributed by atoms with Gasteiger partial charge in [-0.2, -0.15) is 0 Å². The molecule has 154 valence electrons. The van der Waals surface area contributed by atoms with Crippen LogP contribution in [0.3, 0.4) is 0 Å². The monoisotopic (exact) mass is 402 g/mol. The van der Waals surface area contributed by atoms with E-state index in [0.717, 1.165) is 0 Å². The lowest BCUT2D eigenvalue weighted by Crippen LogP contribution is -2.60. The van der Waals surface area contributed by atoms with Crippen LogP contribution in [0.1, 0.15) is 11.8 Å². The van der Waals surface area contributed by atoms with Gasteiger partial charge in [0.05, 0.1) is 6.61 Å². The molecule has 0 bridgehead atoms. The van der Waals surface area contributed by atoms with Gasteiger partial charge in [0.25, 0.3) is 5.56 Å². The predicted octanol–water partition coefficient (Wildman–Crippen LogP) is -2.79. The lowest BCUT2D eigenvalue weighted by molar-refractivity contribution is -0.297. The Morgan fingerprint density at radius 3 is 2.68 bits per heavy atom. The molecule has 2 aliphatic rings. The van der Waals surface area contributed by atoms with Crippen molar-refractivity contribution in [1.29, 1.82) is 0 Å². The maximum Gasteiger partial charge on any atom is 0.335 e. The summed E-state index contributed by atoms with van der Waals surface area (Å²) >= 11 is 0. The topological polar surface area (TPSA) is 181 Å². The molecule has 1 aromatic rings. The van der Waals surface area contributed by atoms with Crippen LogP contribution in [0.2, 0.25) is 0 Å². The van der Waals surface area contributed by atoms with Crippen LogP contribution in [0.25, 0.3) is 0 Å². The number of nitrogens with zero attached hydrogens (tertiary/aromatic N) is 1. The smallest absolute Gasteiger partial charge is 0.335 e. The minimum atomic E-state index is -1.81. The molecule has 1 saturated heterocycles. The molecule has 7 atom stereocenters. The number of aryl methyl sites for hydroxylation is 1. The maximum absolute atomic E-state index is 11.9. The van der Waals surface area contributed by atoms with Gasteiger partial charge < -0.3 is 34.6 Å². The number of ether oxygens (including phenoxy) is 3. The van der Waals surface area contributed by atoms with Gasteiger partial charge in [0, 0.05) is 11.8 Å². The van der Waals surface area contributed by atoms with Gasteiger partial charge in [-0.1, -0.05) is 6.08 Å². The molecule has 0 radical (unpaired) electrons. The van der Waals surface area contributed by atoms with Crippen LogP contribution >= 0.6 is 0 Å². The standard InChI is InChI=1S/C16H20N2O10/c1-6-4-18(16(25)17-13(6)22)8-3-2-7(27-8)5-26-15-11(21)9(19)10(20)12(28-15)14(23)24/h2-4,7-12,15,19-21H,5H2,1H3,(H,23,24)(H,17,22,25)/t7-,8+,9-,10-,11+,12-,15+/m0/s1/i8+2. The lowest BCUT2D eigenvalue weighted by atomic mass is 9.99. The summed E-state index contributed by atoms with van der Waals surface area (Å²) in [5.74, 6) is -1.52. The van der Waals surface area contributed by atoms with Crippen molar-refractivity contribution >= 4 is 5.97 Å². The molecular formula is C16H20N2O10. The average molecular weight is 402 g/mol. The number of nitrogens with one attached hydrogen (secondary N) is 1. The zero-order valence-corrected chi connectivity index (χ0v) is 14.7. The van der Waals surface area contributed by atoms with E-state index in [-0.39, 0.29) is 6.61 Å². The van der Waals surface area contributed by atoms with Crippen LogP contribution in [0.5, 0.6) is 0 Å². The number of aromatic amines is 1. The van der Waals surface area contributed by atoms with E-state index in [1.807, 2.05) is 0 Å². The molecule has 0 amide bonds. The van der Waals surface area contributed by atoms with Crippen molar-refractivity contribution in [1.82, 2.24) is 9.55 Å². The molecule has 2 aliphatic heterocycles. The van der Waals surface area contributed by atoms with Crippen LogP contribution in [-0.4, -0.2) is 79.4 Å². The highest BCUT2D eigenvalue weighted by Gasteiger charge is 2.47. The highest BCUT2D eigenvalue weighted by atomic mass is 16.7. The van der Waals surface area contributed by atoms with Gasteiger partial charge in [0.2, 0.25) is 0 Å². The number of rotatable bonds is 5. The summed E-state index contributed by atoms with van der Waals surface area (Å²) in [5, 5.41) is 38.3. The number of aliphatic carboxylic acids is 1. The summed E-state index contributed by atoms with van der Waals surface area (Å²) in [6.07, 6.45) is -5.51. The third-order valence-corrected chi connectivity index (χ3v) is 4.46. The zero-order chi connectivity index (χ0) is 20.6. The number of H-pyrrole nitrogens is 1. The summed E-state index contributed by atoms with van der Waals surface area (Å²) in [6.45, 7) is 1.34. The Morgan fingerprint density at radius 2 is 2.00 bits per heavy atom. The van der Waals surface area contributed by atoms with Crippen molar-refractivity contribution in [2.75, 3.05) is 6.61 Å². The summed E-state index contributed by atoms with van der Waals surface area (Å²) in [5.41, 5.74) is -0.832. The van der Waals surface area contributed by atoms with E-state index in [1.54, 1.807) is 12.2 Å². The minimum absolute atomic E-state index is 0.193. The molecule has 1 fully saturated rings. The fraction of sp³-hybridized carbons (Fsp3) is 0.562. The van der Waals surface area contributed by atoms with E-state index in [9.17, 15) is 29.7 Å². The van der Waals surface area contributed by atoms with Crippen molar-refractivity contribution in [2.24, 2.45) is 0 Å². The van der Waals surface area contributed by atoms with Crippen molar-refractivity contribution in [3.05, 3.63) is 44.8 Å². The quantitative estimate of drug-likeness (QED) is 0.323. The molecule has 0 spiro atoms. The molecule has 5 N–H and O–H groups in total. The van der Waals surface area contributed by atoms with Crippen molar-refractivity contribution in [3.63, 3.8) is 0 Å². The fourth-order valence-electron chi connectivity index (χ4n) is 2.90. The van der Waals surface area contributed by atoms with Crippen LogP contribution in [0.4, 0.5) is 0 Å².